The van der Waals surface area contributed by atoms with Crippen molar-refractivity contribution in [3.8, 4) is 11.5 Å². The summed E-state index contributed by atoms with van der Waals surface area (Å²) in [5.41, 5.74) is 2.76. The monoisotopic (exact) mass is 529 g/mol. The summed E-state index contributed by atoms with van der Waals surface area (Å²) in [4.78, 5) is 36.2. The Balaban J connectivity index is 1.33. The van der Waals surface area contributed by atoms with Crippen molar-refractivity contribution in [2.45, 2.75) is 19.1 Å². The third kappa shape index (κ3) is 4.26. The second-order valence-corrected chi connectivity index (χ2v) is 10.5. The van der Waals surface area contributed by atoms with Crippen molar-refractivity contribution in [1.82, 2.24) is 15.2 Å². The van der Waals surface area contributed by atoms with Crippen LogP contribution in [0.25, 0.3) is 10.2 Å². The van der Waals surface area contributed by atoms with E-state index in [0.29, 0.717) is 33.4 Å². The standard InChI is InChI=1S/C28H27N5O4S/c1-16-13-18(37-17-7-5-4-6-8-17)9-10-20(16)33-21-11-12-29-27-23(21)24(31-28(33)35)25(38-27)26(34)30-19-14-32(2)15-22(19)36-3/h4-13,19,22H,14-15H2,1-3H3,(H,30,34)(H,31,35)/t19-,22-/m0/s1. The molecule has 0 bridgehead atoms. The minimum Gasteiger partial charge on any atom is -0.457 e. The highest BCUT2D eigenvalue weighted by molar-refractivity contribution is 7.21. The average Bonchev–Trinajstić information content (AvgIpc) is 3.46. The van der Waals surface area contributed by atoms with Crippen molar-refractivity contribution < 1.29 is 19.1 Å². The van der Waals surface area contributed by atoms with Gasteiger partial charge in [0, 0.05) is 26.4 Å². The van der Waals surface area contributed by atoms with Crippen molar-refractivity contribution in [3.63, 3.8) is 0 Å². The second-order valence-electron chi connectivity index (χ2n) is 9.52. The maximum Gasteiger partial charge on any atom is 0.331 e. The van der Waals surface area contributed by atoms with Crippen LogP contribution in [0.5, 0.6) is 11.5 Å². The van der Waals surface area contributed by atoms with E-state index in [1.54, 1.807) is 24.3 Å². The van der Waals surface area contributed by atoms with Gasteiger partial charge >= 0.3 is 6.03 Å². The lowest BCUT2D eigenvalue weighted by Gasteiger charge is -2.29. The van der Waals surface area contributed by atoms with Gasteiger partial charge in [0.25, 0.3) is 5.91 Å². The average molecular weight is 530 g/mol. The van der Waals surface area contributed by atoms with Gasteiger partial charge in [0.05, 0.1) is 34.6 Å². The number of methoxy groups -OCH3 is 1. The van der Waals surface area contributed by atoms with E-state index in [1.165, 1.54) is 11.3 Å². The van der Waals surface area contributed by atoms with E-state index in [4.69, 9.17) is 9.47 Å². The lowest BCUT2D eigenvalue weighted by Crippen LogP contribution is -2.43. The second kappa shape index (κ2) is 9.71. The van der Waals surface area contributed by atoms with E-state index in [0.717, 1.165) is 28.9 Å². The summed E-state index contributed by atoms with van der Waals surface area (Å²) in [5.74, 6) is 1.17. The Morgan fingerprint density at radius 3 is 2.68 bits per heavy atom. The van der Waals surface area contributed by atoms with Crippen molar-refractivity contribution in [2.75, 3.05) is 37.5 Å². The summed E-state index contributed by atoms with van der Waals surface area (Å²) in [6.45, 7) is 3.37. The molecule has 0 aliphatic carbocycles. The smallest absolute Gasteiger partial charge is 0.331 e. The number of benzene rings is 2. The Kier molecular flexibility index (Phi) is 6.22. The van der Waals surface area contributed by atoms with Gasteiger partial charge in [-0.15, -0.1) is 11.3 Å². The third-order valence-corrected chi connectivity index (χ3v) is 8.00. The summed E-state index contributed by atoms with van der Waals surface area (Å²) in [6, 6.07) is 16.5. The number of likely N-dealkylation sites (tertiary alicyclic amines) is 1. The zero-order chi connectivity index (χ0) is 26.4. The fourth-order valence-electron chi connectivity index (χ4n) is 5.12. The summed E-state index contributed by atoms with van der Waals surface area (Å²) >= 11 is 1.27. The van der Waals surface area contributed by atoms with Gasteiger partial charge in [-0.1, -0.05) is 18.2 Å². The van der Waals surface area contributed by atoms with Crippen LogP contribution in [0, 0.1) is 6.92 Å². The zero-order valence-electron chi connectivity index (χ0n) is 21.2. The molecule has 1 fully saturated rings. The number of ether oxygens (including phenoxy) is 2. The van der Waals surface area contributed by atoms with E-state index in [-0.39, 0.29) is 24.1 Å². The van der Waals surface area contributed by atoms with Crippen molar-refractivity contribution in [3.05, 3.63) is 71.2 Å². The number of para-hydroxylation sites is 1. The van der Waals surface area contributed by atoms with Gasteiger partial charge in [0.2, 0.25) is 0 Å². The number of urea groups is 1. The van der Waals surface area contributed by atoms with Crippen LogP contribution >= 0.6 is 11.3 Å². The molecular formula is C28H27N5O4S. The molecule has 0 unspecified atom stereocenters. The fraction of sp³-hybridized carbons (Fsp3) is 0.250. The highest BCUT2D eigenvalue weighted by atomic mass is 32.1. The predicted molar refractivity (Wildman–Crippen MR) is 148 cm³/mol. The molecule has 0 spiro atoms. The first-order chi connectivity index (χ1) is 18.4. The molecule has 1 saturated heterocycles. The molecule has 6 rings (SSSR count). The highest BCUT2D eigenvalue weighted by Crippen LogP contribution is 2.46. The van der Waals surface area contributed by atoms with Gasteiger partial charge in [0.1, 0.15) is 21.2 Å². The number of carbonyl (C=O) groups is 2. The maximum absolute atomic E-state index is 13.5. The quantitative estimate of drug-likeness (QED) is 0.359. The van der Waals surface area contributed by atoms with Crippen LogP contribution in [0.3, 0.4) is 0 Å². The minimum atomic E-state index is -0.340. The highest BCUT2D eigenvalue weighted by Gasteiger charge is 2.36. The zero-order valence-corrected chi connectivity index (χ0v) is 22.0. The molecule has 9 nitrogen and oxygen atoms in total. The number of hydrogen-bond donors (Lipinski definition) is 2. The number of rotatable bonds is 6. The molecule has 38 heavy (non-hydrogen) atoms. The molecule has 2 aromatic carbocycles. The SMILES string of the molecule is CO[C@H]1CN(C)C[C@@H]1NC(=O)c1sc2nccc3c2c1NC(=O)N3c1ccc(Oc2ccccc2)cc1C. The van der Waals surface area contributed by atoms with Gasteiger partial charge in [-0.2, -0.15) is 0 Å². The molecule has 10 heteroatoms. The van der Waals surface area contributed by atoms with E-state index >= 15 is 0 Å². The lowest BCUT2D eigenvalue weighted by molar-refractivity contribution is 0.0769. The van der Waals surface area contributed by atoms with E-state index in [2.05, 4.69) is 20.5 Å². The van der Waals surface area contributed by atoms with Crippen molar-refractivity contribution >= 4 is 50.6 Å². The number of aromatic nitrogens is 1. The molecule has 0 saturated carbocycles. The number of nitrogens with one attached hydrogen (secondary N) is 2. The number of nitrogens with zero attached hydrogens (tertiary/aromatic N) is 3. The van der Waals surface area contributed by atoms with Crippen LogP contribution in [0.15, 0.2) is 60.8 Å². The van der Waals surface area contributed by atoms with Gasteiger partial charge in [-0.3, -0.25) is 9.69 Å². The summed E-state index contributed by atoms with van der Waals surface area (Å²) in [6.07, 6.45) is 1.57. The Morgan fingerprint density at radius 2 is 1.92 bits per heavy atom. The van der Waals surface area contributed by atoms with Crippen molar-refractivity contribution in [1.29, 1.82) is 0 Å². The number of thiophene rings is 1. The summed E-state index contributed by atoms with van der Waals surface area (Å²) < 4.78 is 11.5. The van der Waals surface area contributed by atoms with E-state index in [1.807, 2.05) is 62.5 Å². The largest absolute Gasteiger partial charge is 0.457 e. The molecular weight excluding hydrogens is 502 g/mol. The van der Waals surface area contributed by atoms with Gasteiger partial charge < -0.3 is 25.0 Å². The molecule has 3 amide bonds. The molecule has 194 valence electrons. The Labute approximate surface area is 224 Å². The fourth-order valence-corrected chi connectivity index (χ4v) is 6.15. The molecule has 2 aromatic heterocycles. The number of amides is 3. The number of carbonyl (C=O) groups excluding carboxylic acids is 2. The van der Waals surface area contributed by atoms with Gasteiger partial charge in [-0.25, -0.2) is 9.78 Å². The Bertz CT molecular complexity index is 1540. The van der Waals surface area contributed by atoms with Crippen LogP contribution in [0.1, 0.15) is 15.2 Å². The van der Waals surface area contributed by atoms with Crippen LogP contribution in [-0.4, -0.2) is 61.2 Å². The number of pyridine rings is 1. The number of hydrogen-bond acceptors (Lipinski definition) is 7. The van der Waals surface area contributed by atoms with Crippen molar-refractivity contribution in [2.24, 2.45) is 0 Å². The third-order valence-electron chi connectivity index (χ3n) is 6.91. The first kappa shape index (κ1) is 24.4. The van der Waals surface area contributed by atoms with E-state index in [9.17, 15) is 9.59 Å². The molecule has 2 aliphatic heterocycles. The van der Waals surface area contributed by atoms with E-state index < -0.39 is 0 Å². The molecule has 2 aliphatic rings. The van der Waals surface area contributed by atoms with Gasteiger partial charge in [0.15, 0.2) is 0 Å². The number of anilines is 3. The Hall–Kier alpha value is -3.99. The minimum absolute atomic E-state index is 0.0923. The van der Waals surface area contributed by atoms with Crippen LogP contribution in [0.2, 0.25) is 0 Å². The number of likely N-dealkylation sites (N-methyl/N-ethyl adjacent to an activating group) is 1. The van der Waals surface area contributed by atoms with Crippen LogP contribution in [0.4, 0.5) is 21.9 Å². The first-order valence-electron chi connectivity index (χ1n) is 12.3. The predicted octanol–water partition coefficient (Wildman–Crippen LogP) is 5.14. The molecule has 4 heterocycles. The Morgan fingerprint density at radius 1 is 1.11 bits per heavy atom. The molecule has 4 aromatic rings. The summed E-state index contributed by atoms with van der Waals surface area (Å²) in [5, 5.41) is 6.81. The first-order valence-corrected chi connectivity index (χ1v) is 13.1. The normalized spacial score (nSPS) is 19.0. The topological polar surface area (TPSA) is 96.0 Å². The number of aryl methyl sites for hydroxylation is 1. The molecule has 0 radical (unpaired) electrons. The molecule has 2 atom stereocenters. The lowest BCUT2D eigenvalue weighted by atomic mass is 10.1. The van der Waals surface area contributed by atoms with Crippen LogP contribution < -0.4 is 20.3 Å². The van der Waals surface area contributed by atoms with Crippen LogP contribution in [-0.2, 0) is 4.74 Å². The molecule has 2 N–H and O–H groups in total. The van der Waals surface area contributed by atoms with Gasteiger partial charge in [-0.05, 0) is 55.9 Å². The maximum atomic E-state index is 13.5. The summed E-state index contributed by atoms with van der Waals surface area (Å²) in [7, 11) is 3.65.